The quantitative estimate of drug-likeness (QED) is 0.844. The van der Waals surface area contributed by atoms with Crippen molar-refractivity contribution in [3.63, 3.8) is 0 Å². The fraction of sp³-hybridized carbons (Fsp3) is 0.818. The predicted octanol–water partition coefficient (Wildman–Crippen LogP) is 1.36. The van der Waals surface area contributed by atoms with Gasteiger partial charge in [0.2, 0.25) is 0 Å². The van der Waals surface area contributed by atoms with Crippen LogP contribution in [-0.2, 0) is 6.54 Å². The molecule has 2 rings (SSSR count). The van der Waals surface area contributed by atoms with Crippen molar-refractivity contribution < 1.29 is 0 Å². The topological polar surface area (TPSA) is 41.0 Å². The highest BCUT2D eigenvalue weighted by Gasteiger charge is 2.19. The number of nitrogens with one attached hydrogen (secondary N) is 1. The summed E-state index contributed by atoms with van der Waals surface area (Å²) in [4.78, 5) is 2.49. The zero-order chi connectivity index (χ0) is 11.2. The molecule has 2 heterocycles. The monoisotopic (exact) mass is 240 g/mol. The Hall–Kier alpha value is -0.520. The number of likely N-dealkylation sites (tertiary alicyclic amines) is 1. The molecule has 1 aliphatic heterocycles. The molecule has 4 nitrogen and oxygen atoms in total. The van der Waals surface area contributed by atoms with E-state index in [0.29, 0.717) is 0 Å². The van der Waals surface area contributed by atoms with Gasteiger partial charge in [0.25, 0.3) is 0 Å². The summed E-state index contributed by atoms with van der Waals surface area (Å²) in [7, 11) is 0. The van der Waals surface area contributed by atoms with Crippen molar-refractivity contribution in [3.05, 3.63) is 11.1 Å². The Labute approximate surface area is 101 Å². The average Bonchev–Trinajstić information content (AvgIpc) is 2.81. The number of nitrogens with zero attached hydrogens (tertiary/aromatic N) is 3. The lowest BCUT2D eigenvalue weighted by molar-refractivity contribution is 0.174. The molecule has 1 aromatic heterocycles. The number of hydrogen-bond donors (Lipinski definition) is 1. The van der Waals surface area contributed by atoms with Gasteiger partial charge in [-0.1, -0.05) is 11.4 Å². The first-order chi connectivity index (χ1) is 7.88. The summed E-state index contributed by atoms with van der Waals surface area (Å²) >= 11 is 1.44. The van der Waals surface area contributed by atoms with E-state index in [-0.39, 0.29) is 0 Å². The van der Waals surface area contributed by atoms with E-state index < -0.39 is 0 Å². The van der Waals surface area contributed by atoms with Crippen LogP contribution >= 0.6 is 11.5 Å². The minimum atomic E-state index is 0.866. The molecule has 0 spiro atoms. The van der Waals surface area contributed by atoms with Crippen LogP contribution < -0.4 is 5.32 Å². The zero-order valence-electron chi connectivity index (χ0n) is 9.85. The van der Waals surface area contributed by atoms with Crippen molar-refractivity contribution in [2.45, 2.75) is 26.3 Å². The summed E-state index contributed by atoms with van der Waals surface area (Å²) in [6.07, 6.45) is 2.62. The van der Waals surface area contributed by atoms with Crippen molar-refractivity contribution in [3.8, 4) is 0 Å². The minimum Gasteiger partial charge on any atom is -0.317 e. The molecule has 0 atom stereocenters. The Morgan fingerprint density at radius 3 is 2.94 bits per heavy atom. The van der Waals surface area contributed by atoms with Gasteiger partial charge in [-0.05, 0) is 56.5 Å². The summed E-state index contributed by atoms with van der Waals surface area (Å²) in [6, 6.07) is 0. The number of piperidine rings is 1. The van der Waals surface area contributed by atoms with Crippen LogP contribution in [0.4, 0.5) is 0 Å². The van der Waals surface area contributed by atoms with Gasteiger partial charge in [0.05, 0.1) is 5.69 Å². The normalized spacial score (nSPS) is 19.1. The Balaban J connectivity index is 1.69. The Morgan fingerprint density at radius 2 is 2.31 bits per heavy atom. The molecule has 1 N–H and O–H groups in total. The molecule has 1 aromatic rings. The molecule has 5 heteroatoms. The van der Waals surface area contributed by atoms with Crippen LogP contribution in [0.5, 0.6) is 0 Å². The second-order valence-corrected chi connectivity index (χ2v) is 5.03. The first kappa shape index (κ1) is 12.0. The molecule has 1 aliphatic rings. The Kier molecular flexibility index (Phi) is 4.69. The Morgan fingerprint density at radius 1 is 1.50 bits per heavy atom. The third-order valence-electron chi connectivity index (χ3n) is 3.18. The van der Waals surface area contributed by atoms with Gasteiger partial charge >= 0.3 is 0 Å². The van der Waals surface area contributed by atoms with Crippen molar-refractivity contribution in [2.75, 3.05) is 26.2 Å². The maximum absolute atomic E-state index is 4.09. The molecule has 0 unspecified atom stereocenters. The molecular weight excluding hydrogens is 220 g/mol. The van der Waals surface area contributed by atoms with E-state index in [2.05, 4.69) is 26.7 Å². The first-order valence-electron chi connectivity index (χ1n) is 6.07. The molecule has 16 heavy (non-hydrogen) atoms. The van der Waals surface area contributed by atoms with Crippen molar-refractivity contribution >= 4 is 11.5 Å². The third kappa shape index (κ3) is 3.50. The van der Waals surface area contributed by atoms with E-state index in [0.717, 1.165) is 24.7 Å². The third-order valence-corrected chi connectivity index (χ3v) is 3.73. The number of rotatable bonds is 5. The van der Waals surface area contributed by atoms with E-state index in [1.54, 1.807) is 0 Å². The summed E-state index contributed by atoms with van der Waals surface area (Å²) in [5.41, 5.74) is 1.12. The maximum atomic E-state index is 4.09. The van der Waals surface area contributed by atoms with Crippen LogP contribution in [0.25, 0.3) is 0 Å². The first-order valence-corrected chi connectivity index (χ1v) is 6.91. The van der Waals surface area contributed by atoms with Gasteiger partial charge in [-0.2, -0.15) is 0 Å². The fourth-order valence-electron chi connectivity index (χ4n) is 2.18. The highest BCUT2D eigenvalue weighted by molar-refractivity contribution is 7.03. The zero-order valence-corrected chi connectivity index (χ0v) is 10.7. The Bertz CT molecular complexity index is 280. The lowest BCUT2D eigenvalue weighted by atomic mass is 9.97. The fourth-order valence-corrected chi connectivity index (χ4v) is 2.62. The smallest absolute Gasteiger partial charge is 0.0895 e. The minimum absolute atomic E-state index is 0.866. The van der Waals surface area contributed by atoms with Gasteiger partial charge in [0.1, 0.15) is 0 Å². The van der Waals surface area contributed by atoms with E-state index in [1.165, 1.54) is 44.0 Å². The predicted molar refractivity (Wildman–Crippen MR) is 66.5 cm³/mol. The molecule has 1 saturated heterocycles. The summed E-state index contributed by atoms with van der Waals surface area (Å²) in [6.45, 7) is 7.82. The van der Waals surface area contributed by atoms with E-state index >= 15 is 0 Å². The SMILES string of the molecule is CCNCC1CCN(Cc2csnn2)CC1. The van der Waals surface area contributed by atoms with Gasteiger partial charge in [-0.3, -0.25) is 4.90 Å². The van der Waals surface area contributed by atoms with Crippen molar-refractivity contribution in [2.24, 2.45) is 5.92 Å². The van der Waals surface area contributed by atoms with E-state index in [4.69, 9.17) is 0 Å². The number of aromatic nitrogens is 2. The van der Waals surface area contributed by atoms with Crippen LogP contribution in [0.3, 0.4) is 0 Å². The van der Waals surface area contributed by atoms with Gasteiger partial charge in [-0.15, -0.1) is 5.10 Å². The van der Waals surface area contributed by atoms with Gasteiger partial charge < -0.3 is 5.32 Å². The molecule has 90 valence electrons. The van der Waals surface area contributed by atoms with Crippen LogP contribution in [0, 0.1) is 5.92 Å². The van der Waals surface area contributed by atoms with E-state index in [9.17, 15) is 0 Å². The standard InChI is InChI=1S/C11H20N4S/c1-2-12-7-10-3-5-15(6-4-10)8-11-9-16-14-13-11/h9-10,12H,2-8H2,1H3. The molecule has 0 amide bonds. The van der Waals surface area contributed by atoms with Crippen LogP contribution in [-0.4, -0.2) is 40.7 Å². The summed E-state index contributed by atoms with van der Waals surface area (Å²) in [5.74, 6) is 0.866. The van der Waals surface area contributed by atoms with Gasteiger partial charge in [-0.25, -0.2) is 0 Å². The maximum Gasteiger partial charge on any atom is 0.0895 e. The summed E-state index contributed by atoms with van der Waals surface area (Å²) in [5, 5.41) is 9.58. The van der Waals surface area contributed by atoms with Crippen LogP contribution in [0.2, 0.25) is 0 Å². The average molecular weight is 240 g/mol. The van der Waals surface area contributed by atoms with E-state index in [1.807, 2.05) is 5.38 Å². The second-order valence-electron chi connectivity index (χ2n) is 4.42. The molecule has 0 saturated carbocycles. The number of hydrogen-bond acceptors (Lipinski definition) is 5. The van der Waals surface area contributed by atoms with Crippen LogP contribution in [0.1, 0.15) is 25.5 Å². The molecular formula is C11H20N4S. The lowest BCUT2D eigenvalue weighted by Gasteiger charge is -2.31. The highest BCUT2D eigenvalue weighted by atomic mass is 32.1. The van der Waals surface area contributed by atoms with Crippen LogP contribution in [0.15, 0.2) is 5.38 Å². The summed E-state index contributed by atoms with van der Waals surface area (Å²) < 4.78 is 3.90. The van der Waals surface area contributed by atoms with Crippen molar-refractivity contribution in [1.82, 2.24) is 19.8 Å². The molecule has 0 aliphatic carbocycles. The molecule has 1 fully saturated rings. The highest BCUT2D eigenvalue weighted by Crippen LogP contribution is 2.17. The molecule has 0 radical (unpaired) electrons. The largest absolute Gasteiger partial charge is 0.317 e. The van der Waals surface area contributed by atoms with Gasteiger partial charge in [0.15, 0.2) is 0 Å². The molecule has 0 aromatic carbocycles. The second kappa shape index (κ2) is 6.27. The van der Waals surface area contributed by atoms with Gasteiger partial charge in [0, 0.05) is 11.9 Å². The lowest BCUT2D eigenvalue weighted by Crippen LogP contribution is -2.36. The van der Waals surface area contributed by atoms with Crippen molar-refractivity contribution in [1.29, 1.82) is 0 Å². The molecule has 0 bridgehead atoms.